The second-order valence-electron chi connectivity index (χ2n) is 2.60. The summed E-state index contributed by atoms with van der Waals surface area (Å²) in [5, 5.41) is 3.03. The van der Waals surface area contributed by atoms with Gasteiger partial charge in [-0.1, -0.05) is 6.92 Å². The van der Waals surface area contributed by atoms with Crippen LogP contribution in [0.3, 0.4) is 0 Å². The van der Waals surface area contributed by atoms with Crippen molar-refractivity contribution in [3.8, 4) is 0 Å². The van der Waals surface area contributed by atoms with Gasteiger partial charge in [0.05, 0.1) is 6.04 Å². The molecule has 0 aliphatic carbocycles. The Hall–Kier alpha value is -0.280. The Bertz CT molecular complexity index is 129. The first kappa shape index (κ1) is 9.72. The van der Waals surface area contributed by atoms with Crippen LogP contribution in [0.15, 0.2) is 0 Å². The van der Waals surface area contributed by atoms with E-state index in [2.05, 4.69) is 5.32 Å². The van der Waals surface area contributed by atoms with Crippen LogP contribution in [-0.2, 0) is 4.79 Å². The van der Waals surface area contributed by atoms with Crippen LogP contribution in [-0.4, -0.2) is 18.5 Å². The fourth-order valence-corrected chi connectivity index (χ4v) is 1.22. The van der Waals surface area contributed by atoms with Crippen LogP contribution in [0.1, 0.15) is 13.3 Å². The summed E-state index contributed by atoms with van der Waals surface area (Å²) >= 11 is 0. The van der Waals surface area contributed by atoms with Crippen molar-refractivity contribution >= 4 is 18.3 Å². The van der Waals surface area contributed by atoms with E-state index in [1.165, 1.54) is 0 Å². The van der Waals surface area contributed by atoms with Crippen molar-refractivity contribution in [2.45, 2.75) is 19.4 Å². The van der Waals surface area contributed by atoms with E-state index in [9.17, 15) is 4.79 Å². The Balaban J connectivity index is 0.000000810. The summed E-state index contributed by atoms with van der Waals surface area (Å²) in [5.74, 6) is 0.197. The van der Waals surface area contributed by atoms with Gasteiger partial charge in [0.1, 0.15) is 0 Å². The molecule has 4 heteroatoms. The highest BCUT2D eigenvalue weighted by molar-refractivity contribution is 5.85. The lowest BCUT2D eigenvalue weighted by atomic mass is 10.0. The molecule has 1 fully saturated rings. The fourth-order valence-electron chi connectivity index (χ4n) is 1.22. The van der Waals surface area contributed by atoms with Gasteiger partial charge in [-0.25, -0.2) is 0 Å². The molecular weight excluding hydrogens is 152 g/mol. The van der Waals surface area contributed by atoms with Crippen LogP contribution in [0.25, 0.3) is 0 Å². The molecule has 0 unspecified atom stereocenters. The zero-order valence-corrected chi connectivity index (χ0v) is 6.78. The van der Waals surface area contributed by atoms with Gasteiger partial charge in [-0.05, 0) is 18.9 Å². The van der Waals surface area contributed by atoms with E-state index in [0.29, 0.717) is 5.92 Å². The highest BCUT2D eigenvalue weighted by atomic mass is 35.5. The average Bonchev–Trinajstić information content (AvgIpc) is 2.13. The number of amides is 1. The zero-order chi connectivity index (χ0) is 6.85. The Labute approximate surface area is 66.8 Å². The predicted molar refractivity (Wildman–Crippen MR) is 42.0 cm³/mol. The highest BCUT2D eigenvalue weighted by Gasteiger charge is 2.26. The predicted octanol–water partition coefficient (Wildman–Crippen LogP) is -0.109. The largest absolute Gasteiger partial charge is 0.368 e. The average molecular weight is 165 g/mol. The number of primary amides is 1. The normalized spacial score (nSPS) is 31.3. The molecule has 3 nitrogen and oxygen atoms in total. The van der Waals surface area contributed by atoms with Crippen LogP contribution in [0.4, 0.5) is 0 Å². The van der Waals surface area contributed by atoms with Gasteiger partial charge in [0.2, 0.25) is 5.91 Å². The number of carbonyl (C=O) groups excluding carboxylic acids is 1. The third kappa shape index (κ3) is 1.85. The van der Waals surface area contributed by atoms with E-state index in [0.717, 1.165) is 13.0 Å². The number of halogens is 1. The maximum Gasteiger partial charge on any atom is 0.234 e. The molecule has 0 aromatic rings. The molecule has 1 aliphatic rings. The lowest BCUT2D eigenvalue weighted by Crippen LogP contribution is -2.39. The van der Waals surface area contributed by atoms with Gasteiger partial charge in [-0.2, -0.15) is 0 Å². The summed E-state index contributed by atoms with van der Waals surface area (Å²) < 4.78 is 0. The number of hydrogen-bond acceptors (Lipinski definition) is 2. The third-order valence-corrected chi connectivity index (χ3v) is 1.84. The first-order valence-corrected chi connectivity index (χ1v) is 3.24. The number of nitrogens with two attached hydrogens (primary N) is 1. The van der Waals surface area contributed by atoms with Gasteiger partial charge < -0.3 is 11.1 Å². The minimum Gasteiger partial charge on any atom is -0.368 e. The summed E-state index contributed by atoms with van der Waals surface area (Å²) in [5.41, 5.74) is 5.09. The summed E-state index contributed by atoms with van der Waals surface area (Å²) in [6.45, 7) is 2.96. The smallest absolute Gasteiger partial charge is 0.234 e. The topological polar surface area (TPSA) is 55.1 Å². The first-order valence-electron chi connectivity index (χ1n) is 3.24. The first-order chi connectivity index (χ1) is 4.22. The number of rotatable bonds is 1. The van der Waals surface area contributed by atoms with Crippen molar-refractivity contribution in [3.63, 3.8) is 0 Å². The van der Waals surface area contributed by atoms with Gasteiger partial charge >= 0.3 is 0 Å². The minimum absolute atomic E-state index is 0. The molecule has 0 radical (unpaired) electrons. The summed E-state index contributed by atoms with van der Waals surface area (Å²) in [6, 6.07) is -0.0787. The summed E-state index contributed by atoms with van der Waals surface area (Å²) in [6.07, 6.45) is 1.06. The number of carbonyl (C=O) groups is 1. The molecule has 1 saturated heterocycles. The fraction of sp³-hybridized carbons (Fsp3) is 0.833. The summed E-state index contributed by atoms with van der Waals surface area (Å²) in [7, 11) is 0. The van der Waals surface area contributed by atoms with E-state index < -0.39 is 0 Å². The van der Waals surface area contributed by atoms with Gasteiger partial charge in [-0.3, -0.25) is 4.79 Å². The molecule has 3 N–H and O–H groups in total. The highest BCUT2D eigenvalue weighted by Crippen LogP contribution is 2.12. The zero-order valence-electron chi connectivity index (χ0n) is 5.96. The van der Waals surface area contributed by atoms with Crippen molar-refractivity contribution in [2.24, 2.45) is 11.7 Å². The molecule has 10 heavy (non-hydrogen) atoms. The molecule has 1 rings (SSSR count). The Morgan fingerprint density at radius 3 is 2.50 bits per heavy atom. The Morgan fingerprint density at radius 2 is 2.30 bits per heavy atom. The molecule has 1 amide bonds. The van der Waals surface area contributed by atoms with E-state index >= 15 is 0 Å². The molecule has 0 aromatic heterocycles. The quantitative estimate of drug-likeness (QED) is 0.569. The molecule has 1 heterocycles. The SMILES string of the molecule is C[C@H]1CCN[C@@H]1C(N)=O.Cl. The van der Waals surface area contributed by atoms with Crippen LogP contribution < -0.4 is 11.1 Å². The number of hydrogen-bond donors (Lipinski definition) is 2. The molecular formula is C6H13ClN2O. The molecule has 0 bridgehead atoms. The van der Waals surface area contributed by atoms with E-state index in [4.69, 9.17) is 5.73 Å². The van der Waals surface area contributed by atoms with Crippen molar-refractivity contribution < 1.29 is 4.79 Å². The van der Waals surface area contributed by atoms with Gasteiger partial charge in [0, 0.05) is 0 Å². The van der Waals surface area contributed by atoms with E-state index in [1.807, 2.05) is 6.92 Å². The number of nitrogens with one attached hydrogen (secondary N) is 1. The van der Waals surface area contributed by atoms with Crippen molar-refractivity contribution in [3.05, 3.63) is 0 Å². The lowest BCUT2D eigenvalue weighted by molar-refractivity contribution is -0.120. The molecule has 60 valence electrons. The van der Waals surface area contributed by atoms with Crippen LogP contribution in [0.5, 0.6) is 0 Å². The third-order valence-electron chi connectivity index (χ3n) is 1.84. The second-order valence-corrected chi connectivity index (χ2v) is 2.60. The van der Waals surface area contributed by atoms with Crippen molar-refractivity contribution in [2.75, 3.05) is 6.54 Å². The molecule has 0 aromatic carbocycles. The monoisotopic (exact) mass is 164 g/mol. The standard InChI is InChI=1S/C6H12N2O.ClH/c1-4-2-3-8-5(4)6(7)9;/h4-5,8H,2-3H2,1H3,(H2,7,9);1H/t4-,5-;/m0./s1. The van der Waals surface area contributed by atoms with Crippen LogP contribution in [0.2, 0.25) is 0 Å². The van der Waals surface area contributed by atoms with Crippen LogP contribution >= 0.6 is 12.4 Å². The maximum atomic E-state index is 10.6. The summed E-state index contributed by atoms with van der Waals surface area (Å²) in [4.78, 5) is 10.6. The van der Waals surface area contributed by atoms with Gasteiger partial charge in [-0.15, -0.1) is 12.4 Å². The molecule has 0 saturated carbocycles. The minimum atomic E-state index is -0.222. The Kier molecular flexibility index (Phi) is 3.68. The van der Waals surface area contributed by atoms with Crippen molar-refractivity contribution in [1.82, 2.24) is 5.32 Å². The Morgan fingerprint density at radius 1 is 1.70 bits per heavy atom. The van der Waals surface area contributed by atoms with E-state index in [-0.39, 0.29) is 24.4 Å². The van der Waals surface area contributed by atoms with Crippen LogP contribution in [0, 0.1) is 5.92 Å². The lowest BCUT2D eigenvalue weighted by Gasteiger charge is -2.09. The van der Waals surface area contributed by atoms with E-state index in [1.54, 1.807) is 0 Å². The van der Waals surface area contributed by atoms with Gasteiger partial charge in [0.25, 0.3) is 0 Å². The second kappa shape index (κ2) is 3.78. The van der Waals surface area contributed by atoms with Crippen molar-refractivity contribution in [1.29, 1.82) is 0 Å². The maximum absolute atomic E-state index is 10.6. The molecule has 0 spiro atoms. The van der Waals surface area contributed by atoms with Gasteiger partial charge in [0.15, 0.2) is 0 Å². The molecule has 2 atom stereocenters. The molecule has 1 aliphatic heterocycles.